The Labute approximate surface area is 281 Å². The van der Waals surface area contributed by atoms with E-state index in [-0.39, 0.29) is 5.41 Å². The van der Waals surface area contributed by atoms with Crippen molar-refractivity contribution in [3.63, 3.8) is 0 Å². The minimum atomic E-state index is -0.146. The predicted molar refractivity (Wildman–Crippen MR) is 196 cm³/mol. The Balaban J connectivity index is 1.23. The average Bonchev–Trinajstić information content (AvgIpc) is 3.14. The van der Waals surface area contributed by atoms with Crippen LogP contribution in [-0.2, 0) is 5.41 Å². The summed E-state index contributed by atoms with van der Waals surface area (Å²) in [6.45, 7) is 4.61. The van der Waals surface area contributed by atoms with Gasteiger partial charge < -0.3 is 4.90 Å². The fourth-order valence-electron chi connectivity index (χ4n) is 7.52. The molecule has 5 aromatic carbocycles. The van der Waals surface area contributed by atoms with E-state index in [1.54, 1.807) is 24.2 Å². The molecule has 0 spiro atoms. The zero-order chi connectivity index (χ0) is 32.0. The maximum Gasteiger partial charge on any atom is 0.138 e. The van der Waals surface area contributed by atoms with Crippen molar-refractivity contribution in [2.45, 2.75) is 29.1 Å². The van der Waals surface area contributed by atoms with Gasteiger partial charge in [0.15, 0.2) is 0 Å². The first-order valence-corrected chi connectivity index (χ1v) is 16.9. The van der Waals surface area contributed by atoms with Crippen LogP contribution < -0.4 is 9.80 Å². The van der Waals surface area contributed by atoms with Crippen molar-refractivity contribution >= 4 is 78.9 Å². The monoisotopic (exact) mass is 636 g/mol. The van der Waals surface area contributed by atoms with E-state index in [2.05, 4.69) is 139 Å². The molecule has 6 nitrogen and oxygen atoms in total. The van der Waals surface area contributed by atoms with Gasteiger partial charge in [-0.25, -0.2) is 4.98 Å². The van der Waals surface area contributed by atoms with Crippen molar-refractivity contribution in [3.05, 3.63) is 145 Å². The third kappa shape index (κ3) is 3.82. The van der Waals surface area contributed by atoms with E-state index >= 15 is 0 Å². The molecule has 0 atom stereocenters. The van der Waals surface area contributed by atoms with E-state index in [1.807, 2.05) is 6.20 Å². The summed E-state index contributed by atoms with van der Waals surface area (Å²) in [6, 6.07) is 40.8. The number of benzene rings is 5. The minimum absolute atomic E-state index is 0.146. The van der Waals surface area contributed by atoms with Gasteiger partial charge in [0.25, 0.3) is 0 Å². The van der Waals surface area contributed by atoms with Crippen LogP contribution in [-0.4, -0.2) is 19.9 Å². The molecule has 0 saturated heterocycles. The van der Waals surface area contributed by atoms with Crippen molar-refractivity contribution in [1.82, 2.24) is 19.9 Å². The molecule has 0 N–H and O–H groups in total. The van der Waals surface area contributed by atoms with Crippen LogP contribution in [0, 0.1) is 0 Å². The summed E-state index contributed by atoms with van der Waals surface area (Å²) in [7, 11) is 0. The lowest BCUT2D eigenvalue weighted by molar-refractivity contribution is 0.632. The van der Waals surface area contributed by atoms with Crippen LogP contribution in [0.25, 0.3) is 32.8 Å². The van der Waals surface area contributed by atoms with Crippen molar-refractivity contribution in [1.29, 1.82) is 0 Å². The molecule has 0 amide bonds. The number of anilines is 6. The molecule has 3 aromatic heterocycles. The topological polar surface area (TPSA) is 58.0 Å². The molecule has 0 aliphatic carbocycles. The van der Waals surface area contributed by atoms with Crippen LogP contribution in [0.15, 0.2) is 144 Å². The molecule has 2 aliphatic rings. The molecule has 228 valence electrons. The van der Waals surface area contributed by atoms with Crippen molar-refractivity contribution in [3.8, 4) is 0 Å². The van der Waals surface area contributed by atoms with E-state index < -0.39 is 0 Å². The van der Waals surface area contributed by atoms with Crippen molar-refractivity contribution in [2.24, 2.45) is 0 Å². The first kappa shape index (κ1) is 27.3. The summed E-state index contributed by atoms with van der Waals surface area (Å²) < 4.78 is 0. The van der Waals surface area contributed by atoms with E-state index in [4.69, 9.17) is 19.9 Å². The first-order valence-electron chi connectivity index (χ1n) is 16.1. The van der Waals surface area contributed by atoms with Gasteiger partial charge in [-0.05, 0) is 65.7 Å². The summed E-state index contributed by atoms with van der Waals surface area (Å²) in [6.07, 6.45) is 5.49. The Morgan fingerprint density at radius 1 is 0.521 bits per heavy atom. The molecule has 0 fully saturated rings. The van der Waals surface area contributed by atoms with E-state index in [9.17, 15) is 0 Å². The fraction of sp³-hybridized carbons (Fsp3) is 0.0732. The standard InChI is InChI=1S/C41H28N6S/c1-41(2)28-11-3-5-13-30(28)46(31-14-6-4-12-29(31)41)25-23-27-38-37(42-21-22-43-38)26-19-20-36(45-40(26)39(27)44-24-25)47-32-15-7-9-17-34(32)48-35-18-10-8-16-33(35)47/h3-24H,1-2H3. The number of hydrogen-bond donors (Lipinski definition) is 0. The molecule has 0 radical (unpaired) electrons. The van der Waals surface area contributed by atoms with Gasteiger partial charge in [-0.2, -0.15) is 0 Å². The van der Waals surface area contributed by atoms with Gasteiger partial charge >= 0.3 is 0 Å². The highest BCUT2D eigenvalue weighted by Gasteiger charge is 2.36. The lowest BCUT2D eigenvalue weighted by Crippen LogP contribution is -2.30. The fourth-order valence-corrected chi connectivity index (χ4v) is 8.58. The number of rotatable bonds is 2. The van der Waals surface area contributed by atoms with Crippen LogP contribution >= 0.6 is 11.8 Å². The number of aromatic nitrogens is 4. The third-order valence-electron chi connectivity index (χ3n) is 9.74. The molecule has 7 heteroatoms. The normalized spacial score (nSPS) is 14.5. The smallest absolute Gasteiger partial charge is 0.138 e. The Kier molecular flexibility index (Phi) is 5.75. The number of pyridine rings is 2. The molecule has 0 bridgehead atoms. The Morgan fingerprint density at radius 3 is 1.71 bits per heavy atom. The van der Waals surface area contributed by atoms with E-state index in [0.717, 1.165) is 67.1 Å². The lowest BCUT2D eigenvalue weighted by atomic mass is 9.73. The summed E-state index contributed by atoms with van der Waals surface area (Å²) in [5, 5.41) is 1.85. The quantitative estimate of drug-likeness (QED) is 0.175. The van der Waals surface area contributed by atoms with Gasteiger partial charge in [-0.3, -0.25) is 19.9 Å². The minimum Gasteiger partial charge on any atom is -0.308 e. The number of hydrogen-bond acceptors (Lipinski definition) is 7. The van der Waals surface area contributed by atoms with Gasteiger partial charge in [0.2, 0.25) is 0 Å². The zero-order valence-electron chi connectivity index (χ0n) is 26.3. The van der Waals surface area contributed by atoms with Gasteiger partial charge in [-0.15, -0.1) is 0 Å². The highest BCUT2D eigenvalue weighted by atomic mass is 32.2. The molecule has 5 heterocycles. The summed E-state index contributed by atoms with van der Waals surface area (Å²) in [4.78, 5) is 27.3. The van der Waals surface area contributed by atoms with Gasteiger partial charge in [-0.1, -0.05) is 86.3 Å². The lowest BCUT2D eigenvalue weighted by Gasteiger charge is -2.41. The largest absolute Gasteiger partial charge is 0.308 e. The zero-order valence-corrected chi connectivity index (χ0v) is 27.1. The summed E-state index contributed by atoms with van der Waals surface area (Å²) >= 11 is 1.79. The highest BCUT2D eigenvalue weighted by Crippen LogP contribution is 2.53. The molecule has 2 aliphatic heterocycles. The van der Waals surface area contributed by atoms with Crippen LogP contribution in [0.1, 0.15) is 25.0 Å². The maximum atomic E-state index is 5.38. The first-order chi connectivity index (χ1) is 23.6. The Morgan fingerprint density at radius 2 is 1.06 bits per heavy atom. The van der Waals surface area contributed by atoms with Crippen LogP contribution in [0.4, 0.5) is 34.3 Å². The van der Waals surface area contributed by atoms with Gasteiger partial charge in [0.05, 0.1) is 51.2 Å². The maximum absolute atomic E-state index is 5.38. The predicted octanol–water partition coefficient (Wildman–Crippen LogP) is 10.8. The Hall–Kier alpha value is -5.79. The van der Waals surface area contributed by atoms with Gasteiger partial charge in [0, 0.05) is 38.4 Å². The summed E-state index contributed by atoms with van der Waals surface area (Å²) in [5.74, 6) is 0.833. The van der Waals surface area contributed by atoms with Crippen molar-refractivity contribution in [2.75, 3.05) is 9.80 Å². The molecular formula is C41H28N6S. The molecule has 0 unspecified atom stereocenters. The van der Waals surface area contributed by atoms with Crippen LogP contribution in [0.3, 0.4) is 0 Å². The molecule has 48 heavy (non-hydrogen) atoms. The summed E-state index contributed by atoms with van der Waals surface area (Å²) in [5.41, 5.74) is 11.1. The van der Waals surface area contributed by atoms with Crippen molar-refractivity contribution < 1.29 is 0 Å². The van der Waals surface area contributed by atoms with Crippen LogP contribution in [0.2, 0.25) is 0 Å². The molecule has 8 aromatic rings. The van der Waals surface area contributed by atoms with E-state index in [1.165, 1.54) is 20.9 Å². The van der Waals surface area contributed by atoms with Gasteiger partial charge in [0.1, 0.15) is 11.3 Å². The average molecular weight is 637 g/mol. The Bertz CT molecular complexity index is 2520. The van der Waals surface area contributed by atoms with E-state index in [0.29, 0.717) is 0 Å². The molecule has 0 saturated carbocycles. The molecular weight excluding hydrogens is 609 g/mol. The second-order valence-electron chi connectivity index (χ2n) is 12.8. The molecule has 10 rings (SSSR count). The number of para-hydroxylation sites is 4. The second kappa shape index (κ2) is 10.1. The van der Waals surface area contributed by atoms with Crippen LogP contribution in [0.5, 0.6) is 0 Å². The number of nitrogens with zero attached hydrogens (tertiary/aromatic N) is 6. The number of fused-ring (bicyclic) bond motifs is 10. The highest BCUT2D eigenvalue weighted by molar-refractivity contribution is 7.99. The second-order valence-corrected chi connectivity index (χ2v) is 13.9. The SMILES string of the molecule is CC1(C)c2ccccc2N(c2cnc3c(c2)c2nccnc2c2ccc(N4c5ccccc5Sc5ccccc54)nc23)c2ccccc21. The third-order valence-corrected chi connectivity index (χ3v) is 10.9.